The molecule has 2 N–H and O–H groups in total. The van der Waals surface area contributed by atoms with Crippen LogP contribution in [0.5, 0.6) is 11.5 Å². The Balaban J connectivity index is 1.23. The number of aromatic nitrogens is 2. The van der Waals surface area contributed by atoms with Gasteiger partial charge in [-0.3, -0.25) is 4.79 Å². The number of rotatable bonds is 5. The van der Waals surface area contributed by atoms with Crippen LogP contribution < -0.4 is 20.1 Å². The maximum Gasteiger partial charge on any atom is 0.318 e. The highest BCUT2D eigenvalue weighted by molar-refractivity contribution is 7.13. The lowest BCUT2D eigenvalue weighted by Gasteiger charge is -2.23. The molecule has 3 aromatic rings. The number of amides is 3. The third kappa shape index (κ3) is 4.22. The quantitative estimate of drug-likeness (QED) is 0.614. The van der Waals surface area contributed by atoms with Crippen LogP contribution in [0.25, 0.3) is 0 Å². The number of carbonyl (C=O) groups excluding carboxylic acids is 2. The van der Waals surface area contributed by atoms with E-state index in [1.54, 1.807) is 23.1 Å². The van der Waals surface area contributed by atoms with E-state index in [9.17, 15) is 9.59 Å². The lowest BCUT2D eigenvalue weighted by molar-refractivity contribution is 0.102. The van der Waals surface area contributed by atoms with Crippen LogP contribution in [0.15, 0.2) is 48.5 Å². The van der Waals surface area contributed by atoms with Crippen LogP contribution in [0.3, 0.4) is 0 Å². The summed E-state index contributed by atoms with van der Waals surface area (Å²) in [5, 5.41) is 14.9. The molecule has 10 heteroatoms. The molecule has 1 atom stereocenters. The molecule has 0 bridgehead atoms. The molecule has 32 heavy (non-hydrogen) atoms. The molecule has 1 saturated heterocycles. The number of carbonyl (C=O) groups is 2. The van der Waals surface area contributed by atoms with Gasteiger partial charge in [0.1, 0.15) is 5.01 Å². The highest BCUT2D eigenvalue weighted by Crippen LogP contribution is 2.35. The molecule has 2 aromatic carbocycles. The Labute approximate surface area is 188 Å². The van der Waals surface area contributed by atoms with Crippen molar-refractivity contribution in [2.45, 2.75) is 25.4 Å². The first-order chi connectivity index (χ1) is 15.7. The summed E-state index contributed by atoms with van der Waals surface area (Å²) >= 11 is 1.21. The minimum atomic E-state index is -0.356. The van der Waals surface area contributed by atoms with E-state index < -0.39 is 0 Å². The largest absolute Gasteiger partial charge is 0.454 e. The van der Waals surface area contributed by atoms with Crippen molar-refractivity contribution in [2.24, 2.45) is 0 Å². The summed E-state index contributed by atoms with van der Waals surface area (Å²) in [5.41, 5.74) is 1.62. The standard InChI is InChI=1S/C22H21N5O4S/c28-19(24-15-8-9-17-18(11-15)31-13-30-17)21-26-25-20(32-21)16-7-4-10-27(16)22(29)23-12-14-5-2-1-3-6-14/h1-3,5-6,8-9,11,16H,4,7,10,12-13H2,(H,23,29)(H,24,28)/t16-/m0/s1. The number of ether oxygens (including phenoxy) is 2. The molecule has 1 aromatic heterocycles. The average Bonchev–Trinajstić information content (AvgIpc) is 3.57. The number of nitrogens with zero attached hydrogens (tertiary/aromatic N) is 3. The van der Waals surface area contributed by atoms with Crippen LogP contribution in [0.1, 0.15) is 39.3 Å². The van der Waals surface area contributed by atoms with Crippen LogP contribution in [0, 0.1) is 0 Å². The molecule has 3 heterocycles. The maximum absolute atomic E-state index is 12.7. The van der Waals surface area contributed by atoms with E-state index in [0.717, 1.165) is 18.4 Å². The summed E-state index contributed by atoms with van der Waals surface area (Å²) in [4.78, 5) is 27.2. The van der Waals surface area contributed by atoms with Crippen molar-refractivity contribution in [2.75, 3.05) is 18.7 Å². The van der Waals surface area contributed by atoms with Gasteiger partial charge in [-0.1, -0.05) is 41.7 Å². The monoisotopic (exact) mass is 451 g/mol. The number of anilines is 1. The lowest BCUT2D eigenvalue weighted by atomic mass is 10.2. The molecule has 9 nitrogen and oxygen atoms in total. The van der Waals surface area contributed by atoms with Crippen molar-refractivity contribution in [1.29, 1.82) is 0 Å². The molecule has 1 fully saturated rings. The van der Waals surface area contributed by atoms with Gasteiger partial charge in [-0.15, -0.1) is 10.2 Å². The zero-order valence-corrected chi connectivity index (χ0v) is 17.9. The van der Waals surface area contributed by atoms with Gasteiger partial charge in [0.05, 0.1) is 6.04 Å². The van der Waals surface area contributed by atoms with Crippen molar-refractivity contribution in [3.63, 3.8) is 0 Å². The van der Waals surface area contributed by atoms with Gasteiger partial charge in [-0.2, -0.15) is 0 Å². The molecule has 2 aliphatic rings. The first-order valence-corrected chi connectivity index (χ1v) is 11.1. The first kappa shape index (κ1) is 20.3. The van der Waals surface area contributed by atoms with Gasteiger partial charge in [0, 0.05) is 24.8 Å². The van der Waals surface area contributed by atoms with Gasteiger partial charge in [-0.05, 0) is 30.5 Å². The van der Waals surface area contributed by atoms with Crippen LogP contribution >= 0.6 is 11.3 Å². The van der Waals surface area contributed by atoms with Crippen LogP contribution in [-0.2, 0) is 6.54 Å². The van der Waals surface area contributed by atoms with Gasteiger partial charge in [0.15, 0.2) is 11.5 Å². The Morgan fingerprint density at radius 3 is 2.81 bits per heavy atom. The fourth-order valence-corrected chi connectivity index (χ4v) is 4.65. The summed E-state index contributed by atoms with van der Waals surface area (Å²) in [6.45, 7) is 1.27. The number of hydrogen-bond donors (Lipinski definition) is 2. The van der Waals surface area contributed by atoms with Gasteiger partial charge < -0.3 is 25.0 Å². The molecule has 0 aliphatic carbocycles. The lowest BCUT2D eigenvalue weighted by Crippen LogP contribution is -2.39. The molecule has 3 amide bonds. The Kier molecular flexibility index (Phi) is 5.59. The van der Waals surface area contributed by atoms with E-state index in [2.05, 4.69) is 20.8 Å². The molecule has 0 spiro atoms. The zero-order valence-electron chi connectivity index (χ0n) is 17.1. The fourth-order valence-electron chi connectivity index (χ4n) is 3.76. The molecule has 0 unspecified atom stereocenters. The Morgan fingerprint density at radius 2 is 1.94 bits per heavy atom. The van der Waals surface area contributed by atoms with E-state index in [1.165, 1.54) is 11.3 Å². The summed E-state index contributed by atoms with van der Waals surface area (Å²) in [7, 11) is 0. The smallest absolute Gasteiger partial charge is 0.318 e. The normalized spacial score (nSPS) is 16.8. The Morgan fingerprint density at radius 1 is 1.09 bits per heavy atom. The molecule has 0 radical (unpaired) electrons. The average molecular weight is 452 g/mol. The molecule has 2 aliphatic heterocycles. The summed E-state index contributed by atoms with van der Waals surface area (Å²) in [6, 6.07) is 14.6. The predicted molar refractivity (Wildman–Crippen MR) is 118 cm³/mol. The topological polar surface area (TPSA) is 106 Å². The maximum atomic E-state index is 12.7. The fraction of sp³-hybridized carbons (Fsp3) is 0.273. The van der Waals surface area contributed by atoms with Gasteiger partial charge in [0.25, 0.3) is 5.91 Å². The first-order valence-electron chi connectivity index (χ1n) is 10.3. The van der Waals surface area contributed by atoms with E-state index in [4.69, 9.17) is 9.47 Å². The number of nitrogens with one attached hydrogen (secondary N) is 2. The van der Waals surface area contributed by atoms with Gasteiger partial charge in [-0.25, -0.2) is 4.79 Å². The van der Waals surface area contributed by atoms with Gasteiger partial charge >= 0.3 is 6.03 Å². The molecule has 0 saturated carbocycles. The van der Waals surface area contributed by atoms with E-state index in [0.29, 0.717) is 35.3 Å². The number of likely N-dealkylation sites (tertiary alicyclic amines) is 1. The predicted octanol–water partition coefficient (Wildman–Crippen LogP) is 3.57. The SMILES string of the molecule is O=C(Nc1ccc2c(c1)OCO2)c1nnc([C@@H]2CCCN2C(=O)NCc2ccccc2)s1. The summed E-state index contributed by atoms with van der Waals surface area (Å²) in [6.07, 6.45) is 1.67. The van der Waals surface area contributed by atoms with Crippen molar-refractivity contribution in [3.05, 3.63) is 64.1 Å². The summed E-state index contributed by atoms with van der Waals surface area (Å²) < 4.78 is 10.6. The highest BCUT2D eigenvalue weighted by atomic mass is 32.1. The van der Waals surface area contributed by atoms with Crippen LogP contribution in [0.4, 0.5) is 10.5 Å². The second kappa shape index (κ2) is 8.83. The van der Waals surface area contributed by atoms with Crippen molar-refractivity contribution < 1.29 is 19.1 Å². The number of urea groups is 1. The van der Waals surface area contributed by atoms with Crippen LogP contribution in [0.2, 0.25) is 0 Å². The van der Waals surface area contributed by atoms with Crippen molar-refractivity contribution in [3.8, 4) is 11.5 Å². The van der Waals surface area contributed by atoms with Crippen molar-refractivity contribution >= 4 is 29.0 Å². The molecule has 164 valence electrons. The molecular weight excluding hydrogens is 430 g/mol. The number of fused-ring (bicyclic) bond motifs is 1. The van der Waals surface area contributed by atoms with Crippen LogP contribution in [-0.4, -0.2) is 40.4 Å². The number of hydrogen-bond acceptors (Lipinski definition) is 7. The second-order valence-corrected chi connectivity index (χ2v) is 8.47. The number of benzene rings is 2. The molecule has 5 rings (SSSR count). The Bertz CT molecular complexity index is 1140. The zero-order chi connectivity index (χ0) is 21.9. The third-order valence-corrected chi connectivity index (χ3v) is 6.37. The van der Waals surface area contributed by atoms with E-state index in [1.807, 2.05) is 30.3 Å². The van der Waals surface area contributed by atoms with E-state index in [-0.39, 0.29) is 29.8 Å². The molecular formula is C22H21N5O4S. The minimum absolute atomic E-state index is 0.141. The highest BCUT2D eigenvalue weighted by Gasteiger charge is 2.33. The minimum Gasteiger partial charge on any atom is -0.454 e. The Hall–Kier alpha value is -3.66. The second-order valence-electron chi connectivity index (χ2n) is 7.46. The summed E-state index contributed by atoms with van der Waals surface area (Å²) in [5.74, 6) is 0.877. The van der Waals surface area contributed by atoms with Crippen molar-refractivity contribution in [1.82, 2.24) is 20.4 Å². The van der Waals surface area contributed by atoms with E-state index >= 15 is 0 Å². The third-order valence-electron chi connectivity index (χ3n) is 5.35. The van der Waals surface area contributed by atoms with Gasteiger partial charge in [0.2, 0.25) is 11.8 Å².